The molecule has 2 N–H and O–H groups in total. The number of rotatable bonds is 5. The van der Waals surface area contributed by atoms with Crippen molar-refractivity contribution in [3.8, 4) is 17.0 Å². The second kappa shape index (κ2) is 10.3. The predicted octanol–water partition coefficient (Wildman–Crippen LogP) is 4.96. The Hall–Kier alpha value is -3.33. The first-order valence-corrected chi connectivity index (χ1v) is 12.3. The molecule has 1 aliphatic heterocycles. The zero-order valence-electron chi connectivity index (χ0n) is 19.0. The molecule has 0 saturated carbocycles. The lowest BCUT2D eigenvalue weighted by Crippen LogP contribution is -2.50. The number of benzene rings is 2. The molecule has 3 heterocycles. The standard InChI is InChI=1S/C25H21Cl3N6O2/c26-15-1-4-17(5-2-15)36-14-22(35)33-9-11-34(12-10-33)24-23-21(31-25(29)32-24)8-7-20(30-23)18-6-3-16(27)13-19(18)28/h1-8,13H,9-12,14H2,(H2,29,31,32). The molecule has 1 aliphatic rings. The van der Waals surface area contributed by atoms with Crippen molar-refractivity contribution in [3.05, 3.63) is 69.7 Å². The van der Waals surface area contributed by atoms with Crippen molar-refractivity contribution in [2.45, 2.75) is 0 Å². The second-order valence-electron chi connectivity index (χ2n) is 8.20. The van der Waals surface area contributed by atoms with Crippen LogP contribution in [0.2, 0.25) is 15.1 Å². The highest BCUT2D eigenvalue weighted by Gasteiger charge is 2.25. The molecule has 0 aliphatic carbocycles. The number of hydrogen-bond donors (Lipinski definition) is 1. The topological polar surface area (TPSA) is 97.5 Å². The second-order valence-corrected chi connectivity index (χ2v) is 9.48. The van der Waals surface area contributed by atoms with E-state index < -0.39 is 0 Å². The van der Waals surface area contributed by atoms with E-state index in [-0.39, 0.29) is 18.5 Å². The van der Waals surface area contributed by atoms with Crippen LogP contribution in [0, 0.1) is 0 Å². The van der Waals surface area contributed by atoms with Crippen molar-refractivity contribution in [2.24, 2.45) is 0 Å². The summed E-state index contributed by atoms with van der Waals surface area (Å²) in [4.78, 5) is 30.2. The Morgan fingerprint density at radius 1 is 0.889 bits per heavy atom. The van der Waals surface area contributed by atoms with Crippen molar-refractivity contribution < 1.29 is 9.53 Å². The molecule has 11 heteroatoms. The zero-order chi connectivity index (χ0) is 25.2. The quantitative estimate of drug-likeness (QED) is 0.380. The smallest absolute Gasteiger partial charge is 0.260 e. The summed E-state index contributed by atoms with van der Waals surface area (Å²) in [6.07, 6.45) is 0. The number of nitrogens with two attached hydrogens (primary N) is 1. The summed E-state index contributed by atoms with van der Waals surface area (Å²) in [5.74, 6) is 1.28. The summed E-state index contributed by atoms with van der Waals surface area (Å²) in [7, 11) is 0. The number of anilines is 2. The molecule has 184 valence electrons. The Morgan fingerprint density at radius 3 is 2.33 bits per heavy atom. The van der Waals surface area contributed by atoms with Crippen LogP contribution in [0.3, 0.4) is 0 Å². The third-order valence-corrected chi connectivity index (χ3v) is 6.66. The number of carbonyl (C=O) groups is 1. The normalized spacial score (nSPS) is 13.8. The molecule has 0 bridgehead atoms. The molecule has 0 atom stereocenters. The van der Waals surface area contributed by atoms with Crippen LogP contribution in [-0.2, 0) is 4.79 Å². The number of ether oxygens (including phenoxy) is 1. The largest absolute Gasteiger partial charge is 0.484 e. The third kappa shape index (κ3) is 5.26. The number of halogens is 3. The zero-order valence-corrected chi connectivity index (χ0v) is 21.3. The van der Waals surface area contributed by atoms with Gasteiger partial charge in [-0.1, -0.05) is 34.8 Å². The molecule has 1 saturated heterocycles. The van der Waals surface area contributed by atoms with Crippen LogP contribution in [0.1, 0.15) is 0 Å². The van der Waals surface area contributed by atoms with Gasteiger partial charge in [-0.2, -0.15) is 4.98 Å². The van der Waals surface area contributed by atoms with Crippen LogP contribution >= 0.6 is 34.8 Å². The highest BCUT2D eigenvalue weighted by Crippen LogP contribution is 2.32. The molecule has 0 unspecified atom stereocenters. The molecule has 2 aromatic carbocycles. The van der Waals surface area contributed by atoms with Crippen LogP contribution < -0.4 is 15.4 Å². The Bertz CT molecular complexity index is 1430. The summed E-state index contributed by atoms with van der Waals surface area (Å²) < 4.78 is 5.60. The van der Waals surface area contributed by atoms with Crippen LogP contribution in [0.4, 0.5) is 11.8 Å². The summed E-state index contributed by atoms with van der Waals surface area (Å²) in [5, 5.41) is 1.66. The minimum atomic E-state index is -0.0885. The fourth-order valence-electron chi connectivity index (χ4n) is 4.02. The van der Waals surface area contributed by atoms with Crippen LogP contribution in [0.25, 0.3) is 22.3 Å². The van der Waals surface area contributed by atoms with Gasteiger partial charge in [0.1, 0.15) is 11.3 Å². The molecule has 0 spiro atoms. The van der Waals surface area contributed by atoms with Crippen molar-refractivity contribution in [2.75, 3.05) is 43.4 Å². The highest BCUT2D eigenvalue weighted by molar-refractivity contribution is 6.36. The summed E-state index contributed by atoms with van der Waals surface area (Å²) in [5.41, 5.74) is 8.66. The van der Waals surface area contributed by atoms with Crippen molar-refractivity contribution >= 4 is 63.5 Å². The Kier molecular flexibility index (Phi) is 7.00. The molecule has 0 radical (unpaired) electrons. The van der Waals surface area contributed by atoms with E-state index in [1.165, 1.54) is 0 Å². The lowest BCUT2D eigenvalue weighted by Gasteiger charge is -2.35. The van der Waals surface area contributed by atoms with E-state index in [0.717, 1.165) is 5.56 Å². The van der Waals surface area contributed by atoms with Crippen LogP contribution in [0.5, 0.6) is 5.75 Å². The van der Waals surface area contributed by atoms with Gasteiger partial charge >= 0.3 is 0 Å². The van der Waals surface area contributed by atoms with Gasteiger partial charge in [-0.05, 0) is 54.6 Å². The van der Waals surface area contributed by atoms with Gasteiger partial charge in [0, 0.05) is 41.8 Å². The number of fused-ring (bicyclic) bond motifs is 1. The first-order valence-electron chi connectivity index (χ1n) is 11.2. The Labute approximate surface area is 222 Å². The van der Waals surface area contributed by atoms with Crippen molar-refractivity contribution in [1.29, 1.82) is 0 Å². The van der Waals surface area contributed by atoms with Gasteiger partial charge in [0.15, 0.2) is 12.4 Å². The first-order chi connectivity index (χ1) is 17.4. The number of pyridine rings is 1. The molecule has 1 fully saturated rings. The molecular formula is C25H21Cl3N6O2. The van der Waals surface area contributed by atoms with Crippen LogP contribution in [-0.4, -0.2) is 58.5 Å². The Balaban J connectivity index is 1.32. The minimum absolute atomic E-state index is 0.0439. The number of carbonyl (C=O) groups excluding carboxylic acids is 1. The average molecular weight is 544 g/mol. The number of amides is 1. The van der Waals surface area contributed by atoms with Crippen molar-refractivity contribution in [3.63, 3.8) is 0 Å². The molecule has 4 aromatic rings. The van der Waals surface area contributed by atoms with E-state index in [4.69, 9.17) is 50.3 Å². The minimum Gasteiger partial charge on any atom is -0.484 e. The van der Waals surface area contributed by atoms with E-state index in [2.05, 4.69) is 14.9 Å². The highest BCUT2D eigenvalue weighted by atomic mass is 35.5. The number of aromatic nitrogens is 3. The van der Waals surface area contributed by atoms with E-state index in [9.17, 15) is 4.79 Å². The lowest BCUT2D eigenvalue weighted by molar-refractivity contribution is -0.133. The third-order valence-electron chi connectivity index (χ3n) is 5.86. The lowest BCUT2D eigenvalue weighted by atomic mass is 10.1. The molecular weight excluding hydrogens is 523 g/mol. The van der Waals surface area contributed by atoms with Gasteiger partial charge in [-0.3, -0.25) is 4.79 Å². The van der Waals surface area contributed by atoms with Gasteiger partial charge in [0.05, 0.1) is 16.2 Å². The number of nitrogens with zero attached hydrogens (tertiary/aromatic N) is 5. The van der Waals surface area contributed by atoms with Gasteiger partial charge in [-0.15, -0.1) is 0 Å². The maximum Gasteiger partial charge on any atom is 0.260 e. The van der Waals surface area contributed by atoms with E-state index in [1.807, 2.05) is 18.2 Å². The number of hydrogen-bond acceptors (Lipinski definition) is 7. The summed E-state index contributed by atoms with van der Waals surface area (Å²) in [6.45, 7) is 2.10. The summed E-state index contributed by atoms with van der Waals surface area (Å²) in [6, 6.07) is 15.9. The number of nitrogen functional groups attached to an aromatic ring is 1. The van der Waals surface area contributed by atoms with Gasteiger partial charge in [0.2, 0.25) is 5.95 Å². The average Bonchev–Trinajstić information content (AvgIpc) is 2.87. The molecule has 5 rings (SSSR count). The van der Waals surface area contributed by atoms with Crippen LogP contribution in [0.15, 0.2) is 54.6 Å². The van der Waals surface area contributed by atoms with E-state index >= 15 is 0 Å². The first kappa shape index (κ1) is 24.4. The van der Waals surface area contributed by atoms with Gasteiger partial charge in [0.25, 0.3) is 5.91 Å². The maximum absolute atomic E-state index is 12.7. The Morgan fingerprint density at radius 2 is 1.61 bits per heavy atom. The van der Waals surface area contributed by atoms with Gasteiger partial charge < -0.3 is 20.3 Å². The maximum atomic E-state index is 12.7. The van der Waals surface area contributed by atoms with Crippen molar-refractivity contribution in [1.82, 2.24) is 19.9 Å². The SMILES string of the molecule is Nc1nc(N2CCN(C(=O)COc3ccc(Cl)cc3)CC2)c2nc(-c3ccc(Cl)cc3Cl)ccc2n1. The van der Waals surface area contributed by atoms with E-state index in [1.54, 1.807) is 41.3 Å². The fraction of sp³-hybridized carbons (Fsp3) is 0.200. The van der Waals surface area contributed by atoms with Gasteiger partial charge in [-0.25, -0.2) is 9.97 Å². The molecule has 2 aromatic heterocycles. The predicted molar refractivity (Wildman–Crippen MR) is 143 cm³/mol. The molecule has 36 heavy (non-hydrogen) atoms. The number of piperazine rings is 1. The molecule has 8 nitrogen and oxygen atoms in total. The summed E-state index contributed by atoms with van der Waals surface area (Å²) >= 11 is 18.3. The monoisotopic (exact) mass is 542 g/mol. The molecule has 1 amide bonds. The van der Waals surface area contributed by atoms with E-state index in [0.29, 0.717) is 69.5 Å². The fourth-order valence-corrected chi connectivity index (χ4v) is 4.65.